The Labute approximate surface area is 163 Å². The van der Waals surface area contributed by atoms with Gasteiger partial charge in [0.05, 0.1) is 10.6 Å². The number of benzene rings is 2. The van der Waals surface area contributed by atoms with Crippen molar-refractivity contribution in [3.8, 4) is 16.9 Å². The minimum absolute atomic E-state index is 0.0491. The van der Waals surface area contributed by atoms with Crippen molar-refractivity contribution in [2.24, 2.45) is 0 Å². The molecule has 2 aromatic rings. The third kappa shape index (κ3) is 4.39. The van der Waals surface area contributed by atoms with E-state index in [-0.39, 0.29) is 23.6 Å². The monoisotopic (exact) mass is 412 g/mol. The fraction of sp³-hybridized carbons (Fsp3) is 0.263. The number of carbonyl (C=O) groups is 2. The average Bonchev–Trinajstić information content (AvgIpc) is 2.96. The van der Waals surface area contributed by atoms with Crippen LogP contribution < -0.4 is 5.32 Å². The lowest BCUT2D eigenvalue weighted by Crippen LogP contribution is -2.43. The minimum Gasteiger partial charge on any atom is -0.506 e. The number of likely N-dealkylation sites (tertiary alicyclic amines) is 1. The van der Waals surface area contributed by atoms with Crippen LogP contribution in [-0.4, -0.2) is 47.1 Å². The molecule has 1 fully saturated rings. The molecule has 2 aromatic carbocycles. The molecule has 2 amide bonds. The quantitative estimate of drug-likeness (QED) is 0.806. The molecule has 1 aliphatic rings. The molecule has 1 saturated heterocycles. The molecule has 2 N–H and O–H groups in total. The standard InChI is InChI=1S/C19H16ClF3N2O3/c20-14-9-12(11-4-2-1-3-5-11)8-13(16(14)26)17(27)24-15-6-7-25(18(15)28)10-19(21,22)23/h1-5,8-9,15,26H,6-7,10H2,(H,24,27)/t15-/m0/s1. The summed E-state index contributed by atoms with van der Waals surface area (Å²) in [6.07, 6.45) is -4.46. The molecular formula is C19H16ClF3N2O3. The highest BCUT2D eigenvalue weighted by Crippen LogP contribution is 2.33. The van der Waals surface area contributed by atoms with E-state index in [9.17, 15) is 27.9 Å². The van der Waals surface area contributed by atoms with Crippen LogP contribution in [0.25, 0.3) is 11.1 Å². The fourth-order valence-corrected chi connectivity index (χ4v) is 3.27. The second-order valence-corrected chi connectivity index (χ2v) is 6.82. The van der Waals surface area contributed by atoms with Gasteiger partial charge >= 0.3 is 6.18 Å². The van der Waals surface area contributed by atoms with Crippen LogP contribution in [0.2, 0.25) is 5.02 Å². The highest BCUT2D eigenvalue weighted by molar-refractivity contribution is 6.33. The van der Waals surface area contributed by atoms with Crippen LogP contribution in [0.1, 0.15) is 16.8 Å². The Morgan fingerprint density at radius 1 is 1.21 bits per heavy atom. The molecule has 1 aliphatic heterocycles. The Morgan fingerprint density at radius 2 is 1.89 bits per heavy atom. The van der Waals surface area contributed by atoms with Crippen molar-refractivity contribution in [3.05, 3.63) is 53.1 Å². The summed E-state index contributed by atoms with van der Waals surface area (Å²) >= 11 is 6.02. The van der Waals surface area contributed by atoms with Gasteiger partial charge in [-0.15, -0.1) is 0 Å². The van der Waals surface area contributed by atoms with Crippen LogP contribution in [0.3, 0.4) is 0 Å². The lowest BCUT2D eigenvalue weighted by molar-refractivity contribution is -0.157. The zero-order chi connectivity index (χ0) is 20.5. The van der Waals surface area contributed by atoms with Crippen LogP contribution in [0, 0.1) is 0 Å². The number of carbonyl (C=O) groups excluding carboxylic acids is 2. The number of phenols is 1. The number of hydrogen-bond donors (Lipinski definition) is 2. The third-order valence-electron chi connectivity index (χ3n) is 4.39. The van der Waals surface area contributed by atoms with Gasteiger partial charge in [0.1, 0.15) is 18.3 Å². The van der Waals surface area contributed by atoms with Gasteiger partial charge in [-0.05, 0) is 29.7 Å². The molecule has 3 rings (SSSR count). The van der Waals surface area contributed by atoms with E-state index in [1.807, 2.05) is 6.07 Å². The number of amides is 2. The van der Waals surface area contributed by atoms with Gasteiger partial charge in [0.15, 0.2) is 0 Å². The molecule has 0 unspecified atom stereocenters. The highest BCUT2D eigenvalue weighted by atomic mass is 35.5. The van der Waals surface area contributed by atoms with Gasteiger partial charge in [0.2, 0.25) is 5.91 Å². The Bertz CT molecular complexity index is 903. The SMILES string of the molecule is O=C(N[C@H]1CCN(CC(F)(F)F)C1=O)c1cc(-c2ccccc2)cc(Cl)c1O. The van der Waals surface area contributed by atoms with Crippen molar-refractivity contribution in [2.75, 3.05) is 13.1 Å². The summed E-state index contributed by atoms with van der Waals surface area (Å²) in [7, 11) is 0. The number of alkyl halides is 3. The normalized spacial score (nSPS) is 17.1. The summed E-state index contributed by atoms with van der Waals surface area (Å²) < 4.78 is 37.5. The Kier molecular flexibility index (Phi) is 5.51. The average molecular weight is 413 g/mol. The van der Waals surface area contributed by atoms with Gasteiger partial charge in [-0.3, -0.25) is 9.59 Å². The first kappa shape index (κ1) is 20.0. The van der Waals surface area contributed by atoms with Crippen LogP contribution in [0.5, 0.6) is 5.75 Å². The summed E-state index contributed by atoms with van der Waals surface area (Å²) in [5.74, 6) is -2.06. The smallest absolute Gasteiger partial charge is 0.406 e. The van der Waals surface area contributed by atoms with Crippen molar-refractivity contribution in [3.63, 3.8) is 0 Å². The van der Waals surface area contributed by atoms with E-state index in [1.54, 1.807) is 24.3 Å². The van der Waals surface area contributed by atoms with E-state index < -0.39 is 36.3 Å². The molecule has 9 heteroatoms. The Morgan fingerprint density at radius 3 is 2.54 bits per heavy atom. The predicted octanol–water partition coefficient (Wildman–Crippen LogP) is 3.61. The third-order valence-corrected chi connectivity index (χ3v) is 4.68. The maximum absolute atomic E-state index is 12.6. The lowest BCUT2D eigenvalue weighted by Gasteiger charge is -2.19. The number of nitrogens with zero attached hydrogens (tertiary/aromatic N) is 1. The molecule has 0 radical (unpaired) electrons. The maximum atomic E-state index is 12.6. The van der Waals surface area contributed by atoms with Gasteiger partial charge in [-0.25, -0.2) is 0 Å². The van der Waals surface area contributed by atoms with Crippen molar-refractivity contribution in [1.29, 1.82) is 0 Å². The zero-order valence-electron chi connectivity index (χ0n) is 14.5. The molecule has 0 aromatic heterocycles. The first-order chi connectivity index (χ1) is 13.2. The largest absolute Gasteiger partial charge is 0.506 e. The summed E-state index contributed by atoms with van der Waals surface area (Å²) in [4.78, 5) is 25.3. The number of phenolic OH excluding ortho intramolecular Hbond substituents is 1. The predicted molar refractivity (Wildman–Crippen MR) is 97.1 cm³/mol. The van der Waals surface area contributed by atoms with Gasteiger partial charge in [0.25, 0.3) is 5.91 Å². The van der Waals surface area contributed by atoms with E-state index in [0.29, 0.717) is 10.5 Å². The molecule has 28 heavy (non-hydrogen) atoms. The molecule has 0 spiro atoms. The Balaban J connectivity index is 1.80. The van der Waals surface area contributed by atoms with Crippen LogP contribution in [0.4, 0.5) is 13.2 Å². The fourth-order valence-electron chi connectivity index (χ4n) is 3.05. The second-order valence-electron chi connectivity index (χ2n) is 6.41. The lowest BCUT2D eigenvalue weighted by atomic mass is 10.0. The second kappa shape index (κ2) is 7.71. The maximum Gasteiger partial charge on any atom is 0.406 e. The first-order valence-corrected chi connectivity index (χ1v) is 8.78. The van der Waals surface area contributed by atoms with Crippen molar-refractivity contribution in [1.82, 2.24) is 10.2 Å². The van der Waals surface area contributed by atoms with Crippen molar-refractivity contribution in [2.45, 2.75) is 18.6 Å². The molecule has 1 heterocycles. The van der Waals surface area contributed by atoms with Gasteiger partial charge in [-0.2, -0.15) is 13.2 Å². The van der Waals surface area contributed by atoms with E-state index >= 15 is 0 Å². The van der Waals surface area contributed by atoms with Crippen LogP contribution in [0.15, 0.2) is 42.5 Å². The van der Waals surface area contributed by atoms with Gasteiger partial charge in [0, 0.05) is 6.54 Å². The molecule has 0 aliphatic carbocycles. The number of rotatable bonds is 4. The highest BCUT2D eigenvalue weighted by Gasteiger charge is 2.40. The molecule has 1 atom stereocenters. The van der Waals surface area contributed by atoms with E-state index in [2.05, 4.69) is 5.32 Å². The topological polar surface area (TPSA) is 69.6 Å². The Hall–Kier alpha value is -2.74. The molecule has 5 nitrogen and oxygen atoms in total. The van der Waals surface area contributed by atoms with Crippen LogP contribution in [-0.2, 0) is 4.79 Å². The van der Waals surface area contributed by atoms with E-state index in [4.69, 9.17) is 11.6 Å². The molecule has 148 valence electrons. The zero-order valence-corrected chi connectivity index (χ0v) is 15.2. The number of nitrogens with one attached hydrogen (secondary N) is 1. The van der Waals surface area contributed by atoms with E-state index in [0.717, 1.165) is 5.56 Å². The first-order valence-electron chi connectivity index (χ1n) is 8.40. The van der Waals surface area contributed by atoms with Gasteiger partial charge in [-0.1, -0.05) is 41.9 Å². The molecule has 0 bridgehead atoms. The summed E-state index contributed by atoms with van der Waals surface area (Å²) in [5.41, 5.74) is 1.17. The van der Waals surface area contributed by atoms with Gasteiger partial charge < -0.3 is 15.3 Å². The number of hydrogen-bond acceptors (Lipinski definition) is 3. The van der Waals surface area contributed by atoms with Crippen LogP contribution >= 0.6 is 11.6 Å². The summed E-state index contributed by atoms with van der Waals surface area (Å²) in [5, 5.41) is 12.5. The van der Waals surface area contributed by atoms with Crippen molar-refractivity contribution >= 4 is 23.4 Å². The van der Waals surface area contributed by atoms with E-state index in [1.165, 1.54) is 12.1 Å². The summed E-state index contributed by atoms with van der Waals surface area (Å²) in [6.45, 7) is -1.47. The summed E-state index contributed by atoms with van der Waals surface area (Å²) in [6, 6.07) is 10.8. The number of halogens is 4. The molecular weight excluding hydrogens is 397 g/mol. The minimum atomic E-state index is -4.51. The number of aromatic hydroxyl groups is 1. The molecule has 0 saturated carbocycles. The van der Waals surface area contributed by atoms with Crippen molar-refractivity contribution < 1.29 is 27.9 Å².